The summed E-state index contributed by atoms with van der Waals surface area (Å²) in [5.41, 5.74) is 0. The van der Waals surface area contributed by atoms with E-state index in [1.807, 2.05) is 0 Å². The predicted octanol–water partition coefficient (Wildman–Crippen LogP) is 0.901. The molecule has 0 aromatic rings. The van der Waals surface area contributed by atoms with Crippen LogP contribution >= 0.6 is 0 Å². The van der Waals surface area contributed by atoms with E-state index in [4.69, 9.17) is 0 Å². The zero-order chi connectivity index (χ0) is 9.97. The molecule has 3 atom stereocenters. The molecule has 14 heavy (non-hydrogen) atoms. The first-order chi connectivity index (χ1) is 6.77. The third-order valence-corrected chi connectivity index (χ3v) is 3.72. The van der Waals surface area contributed by atoms with Gasteiger partial charge in [-0.05, 0) is 31.2 Å². The second-order valence-corrected chi connectivity index (χ2v) is 4.71. The van der Waals surface area contributed by atoms with Crippen molar-refractivity contribution in [3.63, 3.8) is 0 Å². The van der Waals surface area contributed by atoms with Crippen molar-refractivity contribution < 1.29 is 4.79 Å². The number of carbonyl (C=O) groups excluding carboxylic acids is 1. The molecule has 0 spiro atoms. The molecule has 2 N–H and O–H groups in total. The van der Waals surface area contributed by atoms with Crippen LogP contribution in [0.3, 0.4) is 0 Å². The summed E-state index contributed by atoms with van der Waals surface area (Å²) in [7, 11) is 0. The molecule has 0 aromatic carbocycles. The van der Waals surface area contributed by atoms with E-state index in [-0.39, 0.29) is 11.9 Å². The lowest BCUT2D eigenvalue weighted by Crippen LogP contribution is -2.53. The standard InChI is InChI=1S/C11H20N2O/c1-8-3-2-4-9(8)7-13-11(14)10-5-6-12-10/h8-10,12H,2-7H2,1H3,(H,13,14). The summed E-state index contributed by atoms with van der Waals surface area (Å²) in [6, 6.07) is 0.103. The number of rotatable bonds is 3. The fourth-order valence-corrected chi connectivity index (χ4v) is 2.39. The van der Waals surface area contributed by atoms with Gasteiger partial charge in [-0.1, -0.05) is 19.8 Å². The van der Waals surface area contributed by atoms with Crippen LogP contribution in [0, 0.1) is 11.8 Å². The van der Waals surface area contributed by atoms with Crippen LogP contribution in [0.2, 0.25) is 0 Å². The molecule has 1 aliphatic carbocycles. The Bertz CT molecular complexity index is 213. The zero-order valence-corrected chi connectivity index (χ0v) is 8.88. The summed E-state index contributed by atoms with van der Waals surface area (Å²) < 4.78 is 0. The van der Waals surface area contributed by atoms with E-state index in [2.05, 4.69) is 17.6 Å². The topological polar surface area (TPSA) is 41.1 Å². The third kappa shape index (κ3) is 2.08. The quantitative estimate of drug-likeness (QED) is 0.704. The Morgan fingerprint density at radius 3 is 2.71 bits per heavy atom. The van der Waals surface area contributed by atoms with E-state index >= 15 is 0 Å². The summed E-state index contributed by atoms with van der Waals surface area (Å²) in [6.07, 6.45) is 4.97. The molecule has 1 saturated carbocycles. The van der Waals surface area contributed by atoms with Crippen molar-refractivity contribution in [3.05, 3.63) is 0 Å². The molecule has 1 saturated heterocycles. The molecule has 3 unspecified atom stereocenters. The van der Waals surface area contributed by atoms with Gasteiger partial charge in [0.2, 0.25) is 5.91 Å². The number of carbonyl (C=O) groups is 1. The van der Waals surface area contributed by atoms with Crippen molar-refractivity contribution in [1.82, 2.24) is 10.6 Å². The molecule has 1 amide bonds. The molecule has 80 valence electrons. The highest BCUT2D eigenvalue weighted by Gasteiger charge is 2.27. The minimum Gasteiger partial charge on any atom is -0.354 e. The molecular weight excluding hydrogens is 176 g/mol. The van der Waals surface area contributed by atoms with Crippen molar-refractivity contribution in [1.29, 1.82) is 0 Å². The lowest BCUT2D eigenvalue weighted by Gasteiger charge is -2.27. The minimum atomic E-state index is 0.103. The first-order valence-electron chi connectivity index (χ1n) is 5.78. The SMILES string of the molecule is CC1CCCC1CNC(=O)C1CCN1. The monoisotopic (exact) mass is 196 g/mol. The maximum absolute atomic E-state index is 11.5. The highest BCUT2D eigenvalue weighted by Crippen LogP contribution is 2.30. The predicted molar refractivity (Wildman–Crippen MR) is 55.9 cm³/mol. The molecule has 2 rings (SSSR count). The average molecular weight is 196 g/mol. The van der Waals surface area contributed by atoms with E-state index in [0.717, 1.165) is 31.3 Å². The van der Waals surface area contributed by atoms with E-state index in [1.54, 1.807) is 0 Å². The van der Waals surface area contributed by atoms with Crippen molar-refractivity contribution in [2.75, 3.05) is 13.1 Å². The van der Waals surface area contributed by atoms with Gasteiger partial charge < -0.3 is 10.6 Å². The fourth-order valence-electron chi connectivity index (χ4n) is 2.39. The number of amides is 1. The summed E-state index contributed by atoms with van der Waals surface area (Å²) >= 11 is 0. The van der Waals surface area contributed by atoms with Crippen LogP contribution in [0.4, 0.5) is 0 Å². The van der Waals surface area contributed by atoms with Gasteiger partial charge in [0.25, 0.3) is 0 Å². The van der Waals surface area contributed by atoms with Gasteiger partial charge in [-0.15, -0.1) is 0 Å². The van der Waals surface area contributed by atoms with Gasteiger partial charge in [0, 0.05) is 6.54 Å². The molecular formula is C11H20N2O. The molecule has 3 heteroatoms. The van der Waals surface area contributed by atoms with E-state index < -0.39 is 0 Å². The van der Waals surface area contributed by atoms with Gasteiger partial charge in [-0.25, -0.2) is 0 Å². The second kappa shape index (κ2) is 4.30. The van der Waals surface area contributed by atoms with Crippen LogP contribution in [0.15, 0.2) is 0 Å². The van der Waals surface area contributed by atoms with Crippen molar-refractivity contribution >= 4 is 5.91 Å². The molecule has 2 fully saturated rings. The lowest BCUT2D eigenvalue weighted by atomic mass is 9.98. The van der Waals surface area contributed by atoms with Crippen LogP contribution in [-0.4, -0.2) is 25.0 Å². The zero-order valence-electron chi connectivity index (χ0n) is 8.88. The Hall–Kier alpha value is -0.570. The van der Waals surface area contributed by atoms with Crippen LogP contribution in [0.5, 0.6) is 0 Å². The van der Waals surface area contributed by atoms with Crippen molar-refractivity contribution in [2.24, 2.45) is 11.8 Å². The van der Waals surface area contributed by atoms with Crippen LogP contribution in [-0.2, 0) is 4.79 Å². The lowest BCUT2D eigenvalue weighted by molar-refractivity contribution is -0.124. The van der Waals surface area contributed by atoms with E-state index in [1.165, 1.54) is 19.3 Å². The first-order valence-corrected chi connectivity index (χ1v) is 5.78. The molecule has 0 bridgehead atoms. The second-order valence-electron chi connectivity index (χ2n) is 4.71. The molecule has 0 aromatic heterocycles. The van der Waals surface area contributed by atoms with Gasteiger partial charge >= 0.3 is 0 Å². The highest BCUT2D eigenvalue weighted by atomic mass is 16.2. The van der Waals surface area contributed by atoms with Crippen molar-refractivity contribution in [2.45, 2.75) is 38.6 Å². The van der Waals surface area contributed by atoms with Gasteiger partial charge in [-0.3, -0.25) is 4.79 Å². The largest absolute Gasteiger partial charge is 0.354 e. The maximum Gasteiger partial charge on any atom is 0.237 e. The Morgan fingerprint density at radius 1 is 1.43 bits per heavy atom. The molecule has 1 heterocycles. The Labute approximate surface area is 85.6 Å². The van der Waals surface area contributed by atoms with Crippen LogP contribution in [0.25, 0.3) is 0 Å². The summed E-state index contributed by atoms with van der Waals surface area (Å²) in [5, 5.41) is 6.18. The highest BCUT2D eigenvalue weighted by molar-refractivity contribution is 5.82. The Balaban J connectivity index is 1.68. The fraction of sp³-hybridized carbons (Fsp3) is 0.909. The third-order valence-electron chi connectivity index (χ3n) is 3.72. The maximum atomic E-state index is 11.5. The van der Waals surface area contributed by atoms with E-state index in [9.17, 15) is 4.79 Å². The summed E-state index contributed by atoms with van der Waals surface area (Å²) in [6.45, 7) is 4.18. The first kappa shape index (κ1) is 9.97. The molecule has 2 aliphatic rings. The Kier molecular flexibility index (Phi) is 3.06. The average Bonchev–Trinajstić information content (AvgIpc) is 2.44. The number of hydrogen-bond donors (Lipinski definition) is 2. The van der Waals surface area contributed by atoms with Gasteiger partial charge in [0.05, 0.1) is 6.04 Å². The van der Waals surface area contributed by atoms with Crippen LogP contribution < -0.4 is 10.6 Å². The van der Waals surface area contributed by atoms with Crippen molar-refractivity contribution in [3.8, 4) is 0 Å². The van der Waals surface area contributed by atoms with E-state index in [0.29, 0.717) is 0 Å². The minimum absolute atomic E-state index is 0.103. The summed E-state index contributed by atoms with van der Waals surface area (Å²) in [4.78, 5) is 11.5. The molecule has 3 nitrogen and oxygen atoms in total. The molecule has 0 radical (unpaired) electrons. The molecule has 1 aliphatic heterocycles. The Morgan fingerprint density at radius 2 is 2.21 bits per heavy atom. The summed E-state index contributed by atoms with van der Waals surface area (Å²) in [5.74, 6) is 1.72. The number of nitrogens with one attached hydrogen (secondary N) is 2. The van der Waals surface area contributed by atoms with Gasteiger partial charge in [-0.2, -0.15) is 0 Å². The van der Waals surface area contributed by atoms with Crippen LogP contribution in [0.1, 0.15) is 32.6 Å². The van der Waals surface area contributed by atoms with Gasteiger partial charge in [0.15, 0.2) is 0 Å². The van der Waals surface area contributed by atoms with Gasteiger partial charge in [0.1, 0.15) is 0 Å². The smallest absolute Gasteiger partial charge is 0.237 e. The normalized spacial score (nSPS) is 36.5. The number of hydrogen-bond acceptors (Lipinski definition) is 2.